The second-order valence-electron chi connectivity index (χ2n) is 4.82. The van der Waals surface area contributed by atoms with Gasteiger partial charge in [0.25, 0.3) is 0 Å². The van der Waals surface area contributed by atoms with Gasteiger partial charge in [-0.3, -0.25) is 4.72 Å². The van der Waals surface area contributed by atoms with E-state index in [1.807, 2.05) is 13.0 Å². The molecule has 1 aliphatic carbocycles. The molecular weight excluding hydrogens is 284 g/mol. The van der Waals surface area contributed by atoms with Crippen LogP contribution in [0, 0.1) is 11.6 Å². The van der Waals surface area contributed by atoms with Crippen LogP contribution in [0.25, 0.3) is 0 Å². The molecule has 1 atom stereocenters. The fraction of sp³-hybridized carbons (Fsp3) is 0.429. The highest BCUT2D eigenvalue weighted by molar-refractivity contribution is 7.93. The van der Waals surface area contributed by atoms with Crippen LogP contribution in [0.15, 0.2) is 29.8 Å². The van der Waals surface area contributed by atoms with Crippen LogP contribution in [0.2, 0.25) is 0 Å². The zero-order valence-corrected chi connectivity index (χ0v) is 12.0. The zero-order chi connectivity index (χ0) is 14.8. The summed E-state index contributed by atoms with van der Waals surface area (Å²) in [5.41, 5.74) is 0.638. The van der Waals surface area contributed by atoms with Crippen molar-refractivity contribution in [1.82, 2.24) is 0 Å². The molecular formula is C14H17F2NO2S. The van der Waals surface area contributed by atoms with Gasteiger partial charge in [-0.1, -0.05) is 18.6 Å². The largest absolute Gasteiger partial charge is 0.280 e. The first-order chi connectivity index (χ1) is 9.44. The number of halogens is 2. The third kappa shape index (κ3) is 3.17. The Morgan fingerprint density at radius 2 is 2.10 bits per heavy atom. The van der Waals surface area contributed by atoms with E-state index in [1.165, 1.54) is 0 Å². The van der Waals surface area contributed by atoms with Crippen molar-refractivity contribution < 1.29 is 17.2 Å². The number of hydrogen-bond acceptors (Lipinski definition) is 2. The summed E-state index contributed by atoms with van der Waals surface area (Å²) in [5.74, 6) is -1.65. The van der Waals surface area contributed by atoms with Crippen molar-refractivity contribution in [3.05, 3.63) is 41.5 Å². The first-order valence-corrected chi connectivity index (χ1v) is 8.14. The van der Waals surface area contributed by atoms with Crippen molar-refractivity contribution in [2.24, 2.45) is 0 Å². The van der Waals surface area contributed by atoms with Crippen LogP contribution < -0.4 is 4.72 Å². The average Bonchev–Trinajstić information content (AvgIpc) is 2.42. The van der Waals surface area contributed by atoms with Gasteiger partial charge < -0.3 is 0 Å². The molecule has 1 N–H and O–H groups in total. The molecule has 3 nitrogen and oxygen atoms in total. The molecule has 0 heterocycles. The van der Waals surface area contributed by atoms with Gasteiger partial charge in [0.2, 0.25) is 10.0 Å². The minimum Gasteiger partial charge on any atom is -0.280 e. The van der Waals surface area contributed by atoms with E-state index in [9.17, 15) is 17.2 Å². The van der Waals surface area contributed by atoms with E-state index in [-0.39, 0.29) is 5.69 Å². The van der Waals surface area contributed by atoms with Crippen molar-refractivity contribution in [3.63, 3.8) is 0 Å². The molecule has 1 unspecified atom stereocenters. The monoisotopic (exact) mass is 301 g/mol. The molecule has 6 heteroatoms. The Morgan fingerprint density at radius 3 is 2.75 bits per heavy atom. The Kier molecular flexibility index (Phi) is 4.42. The van der Waals surface area contributed by atoms with Gasteiger partial charge in [-0.15, -0.1) is 0 Å². The van der Waals surface area contributed by atoms with Gasteiger partial charge in [-0.25, -0.2) is 17.2 Å². The molecule has 110 valence electrons. The minimum atomic E-state index is -3.71. The number of rotatable bonds is 4. The topological polar surface area (TPSA) is 46.2 Å². The summed E-state index contributed by atoms with van der Waals surface area (Å²) in [5, 5.41) is -0.634. The fourth-order valence-corrected chi connectivity index (χ4v) is 4.18. The van der Waals surface area contributed by atoms with Gasteiger partial charge in [0, 0.05) is 6.07 Å². The molecule has 0 radical (unpaired) electrons. The molecule has 20 heavy (non-hydrogen) atoms. The van der Waals surface area contributed by atoms with Gasteiger partial charge in [0.05, 0.1) is 5.69 Å². The van der Waals surface area contributed by atoms with Crippen LogP contribution >= 0.6 is 0 Å². The molecule has 0 fully saturated rings. The molecule has 2 rings (SSSR count). The van der Waals surface area contributed by atoms with Crippen molar-refractivity contribution in [1.29, 1.82) is 0 Å². The van der Waals surface area contributed by atoms with Crippen LogP contribution in [0.4, 0.5) is 14.5 Å². The van der Waals surface area contributed by atoms with Crippen molar-refractivity contribution in [3.8, 4) is 0 Å². The Hall–Kier alpha value is -1.43. The van der Waals surface area contributed by atoms with Crippen LogP contribution in [0.5, 0.6) is 0 Å². The predicted octanol–water partition coefficient (Wildman–Crippen LogP) is 3.60. The quantitative estimate of drug-likeness (QED) is 0.864. The Morgan fingerprint density at radius 1 is 1.35 bits per heavy atom. The lowest BCUT2D eigenvalue weighted by atomic mass is 9.97. The van der Waals surface area contributed by atoms with E-state index in [1.54, 1.807) is 0 Å². The van der Waals surface area contributed by atoms with E-state index in [2.05, 4.69) is 4.72 Å². The maximum Gasteiger partial charge on any atom is 0.239 e. The Balaban J connectivity index is 2.27. The SMILES string of the molecule is CCC1=CCCCC1S(=O)(=O)Nc1ccc(F)cc1F. The van der Waals surface area contributed by atoms with Crippen molar-refractivity contribution >= 4 is 15.7 Å². The average molecular weight is 301 g/mol. The number of benzene rings is 1. The molecule has 1 aromatic carbocycles. The number of sulfonamides is 1. The standard InChI is InChI=1S/C14H17F2NO2S/c1-2-10-5-3-4-6-14(10)20(18,19)17-13-8-7-11(15)9-12(13)16/h5,7-9,14,17H,2-4,6H2,1H3. The first-order valence-electron chi connectivity index (χ1n) is 6.59. The second-order valence-corrected chi connectivity index (χ2v) is 6.69. The Bertz CT molecular complexity index is 626. The summed E-state index contributed by atoms with van der Waals surface area (Å²) >= 11 is 0. The normalized spacial score (nSPS) is 19.6. The van der Waals surface area contributed by atoms with Crippen LogP contribution in [0.3, 0.4) is 0 Å². The number of allylic oxidation sites excluding steroid dienone is 1. The summed E-state index contributed by atoms with van der Waals surface area (Å²) in [4.78, 5) is 0. The van der Waals surface area contributed by atoms with E-state index in [0.717, 1.165) is 30.5 Å². The maximum atomic E-state index is 13.5. The lowest BCUT2D eigenvalue weighted by Crippen LogP contribution is -2.31. The maximum absolute atomic E-state index is 13.5. The van der Waals surface area contributed by atoms with Crippen molar-refractivity contribution in [2.45, 2.75) is 37.9 Å². The summed E-state index contributed by atoms with van der Waals surface area (Å²) in [6.45, 7) is 1.90. The van der Waals surface area contributed by atoms with Gasteiger partial charge in [0.1, 0.15) is 16.9 Å². The van der Waals surface area contributed by atoms with Gasteiger partial charge in [-0.05, 0) is 37.8 Å². The first kappa shape index (κ1) is 15.0. The molecule has 0 spiro atoms. The summed E-state index contributed by atoms with van der Waals surface area (Å²) in [6, 6.07) is 2.79. The molecule has 0 saturated carbocycles. The fourth-order valence-electron chi connectivity index (χ4n) is 2.43. The van der Waals surface area contributed by atoms with E-state index < -0.39 is 26.9 Å². The molecule has 0 saturated heterocycles. The van der Waals surface area contributed by atoms with Crippen LogP contribution in [-0.4, -0.2) is 13.7 Å². The van der Waals surface area contributed by atoms with Gasteiger partial charge >= 0.3 is 0 Å². The Labute approximate surface area is 117 Å². The predicted molar refractivity (Wildman–Crippen MR) is 74.9 cm³/mol. The minimum absolute atomic E-state index is 0.215. The van der Waals surface area contributed by atoms with Crippen molar-refractivity contribution in [2.75, 3.05) is 4.72 Å². The second kappa shape index (κ2) is 5.91. The number of anilines is 1. The molecule has 1 aromatic rings. The van der Waals surface area contributed by atoms with Gasteiger partial charge in [0.15, 0.2) is 0 Å². The van der Waals surface area contributed by atoms with E-state index in [0.29, 0.717) is 18.9 Å². The third-order valence-electron chi connectivity index (χ3n) is 3.46. The summed E-state index contributed by atoms with van der Waals surface area (Å²) in [7, 11) is -3.71. The zero-order valence-electron chi connectivity index (χ0n) is 11.2. The third-order valence-corrected chi connectivity index (χ3v) is 5.25. The molecule has 0 aliphatic heterocycles. The number of hydrogen-bond donors (Lipinski definition) is 1. The highest BCUT2D eigenvalue weighted by Gasteiger charge is 2.30. The number of nitrogens with one attached hydrogen (secondary N) is 1. The lowest BCUT2D eigenvalue weighted by Gasteiger charge is -2.24. The van der Waals surface area contributed by atoms with Crippen LogP contribution in [0.1, 0.15) is 32.6 Å². The van der Waals surface area contributed by atoms with E-state index >= 15 is 0 Å². The van der Waals surface area contributed by atoms with Crippen LogP contribution in [-0.2, 0) is 10.0 Å². The molecule has 0 bridgehead atoms. The van der Waals surface area contributed by atoms with Gasteiger partial charge in [-0.2, -0.15) is 0 Å². The summed E-state index contributed by atoms with van der Waals surface area (Å²) < 4.78 is 53.3. The smallest absolute Gasteiger partial charge is 0.239 e. The van der Waals surface area contributed by atoms with E-state index in [4.69, 9.17) is 0 Å². The summed E-state index contributed by atoms with van der Waals surface area (Å²) in [6.07, 6.45) is 4.78. The molecule has 0 aromatic heterocycles. The highest BCUT2D eigenvalue weighted by Crippen LogP contribution is 2.28. The lowest BCUT2D eigenvalue weighted by molar-refractivity contribution is 0.569. The molecule has 1 aliphatic rings. The molecule has 0 amide bonds. The highest BCUT2D eigenvalue weighted by atomic mass is 32.2.